The van der Waals surface area contributed by atoms with Gasteiger partial charge in [0, 0.05) is 43.5 Å². The van der Waals surface area contributed by atoms with E-state index in [1.807, 2.05) is 37.7 Å². The molecule has 1 saturated heterocycles. The van der Waals surface area contributed by atoms with Crippen molar-refractivity contribution in [2.75, 3.05) is 37.6 Å². The molecule has 4 aromatic rings. The number of nitrogens with zero attached hydrogens (tertiary/aromatic N) is 7. The van der Waals surface area contributed by atoms with Crippen LogP contribution in [0.5, 0.6) is 0 Å². The van der Waals surface area contributed by atoms with Crippen LogP contribution in [0, 0.1) is 18.6 Å². The van der Waals surface area contributed by atoms with Crippen molar-refractivity contribution in [2.24, 2.45) is 0 Å². The van der Waals surface area contributed by atoms with E-state index in [0.29, 0.717) is 40.1 Å². The molecule has 7 nitrogen and oxygen atoms in total. The minimum absolute atomic E-state index is 0.0955. The summed E-state index contributed by atoms with van der Waals surface area (Å²) in [4.78, 5) is 22.4. The molecule has 0 amide bonds. The summed E-state index contributed by atoms with van der Waals surface area (Å²) in [6.45, 7) is 13.1. The van der Waals surface area contributed by atoms with Crippen LogP contribution >= 0.6 is 0 Å². The van der Waals surface area contributed by atoms with E-state index in [-0.39, 0.29) is 6.04 Å². The molecule has 36 heavy (non-hydrogen) atoms. The smallest absolute Gasteiger partial charge is 0.151 e. The number of aromatic nitrogens is 5. The van der Waals surface area contributed by atoms with Crippen LogP contribution in [0.3, 0.4) is 0 Å². The molecule has 1 aliphatic heterocycles. The molecule has 0 unspecified atom stereocenters. The Morgan fingerprint density at radius 2 is 1.64 bits per heavy atom. The van der Waals surface area contributed by atoms with Gasteiger partial charge in [0.15, 0.2) is 5.82 Å². The van der Waals surface area contributed by atoms with Gasteiger partial charge in [-0.15, -0.1) is 0 Å². The van der Waals surface area contributed by atoms with Gasteiger partial charge >= 0.3 is 0 Å². The van der Waals surface area contributed by atoms with Gasteiger partial charge in [-0.05, 0) is 51.1 Å². The summed E-state index contributed by atoms with van der Waals surface area (Å²) < 4.78 is 31.8. The number of rotatable bonds is 6. The van der Waals surface area contributed by atoms with Crippen LogP contribution in [0.25, 0.3) is 22.2 Å². The second-order valence-corrected chi connectivity index (χ2v) is 9.56. The molecule has 4 heterocycles. The van der Waals surface area contributed by atoms with Gasteiger partial charge in [0.2, 0.25) is 0 Å². The van der Waals surface area contributed by atoms with Crippen molar-refractivity contribution in [3.63, 3.8) is 0 Å². The van der Waals surface area contributed by atoms with Crippen LogP contribution in [0.1, 0.15) is 44.2 Å². The zero-order valence-electron chi connectivity index (χ0n) is 21.2. The lowest BCUT2D eigenvalue weighted by molar-refractivity contribution is 0.271. The second-order valence-electron chi connectivity index (χ2n) is 9.56. The summed E-state index contributed by atoms with van der Waals surface area (Å²) in [7, 11) is 0. The molecule has 0 saturated carbocycles. The summed E-state index contributed by atoms with van der Waals surface area (Å²) >= 11 is 0. The third kappa shape index (κ3) is 4.67. The highest BCUT2D eigenvalue weighted by Gasteiger charge is 2.19. The average Bonchev–Trinajstić information content (AvgIpc) is 3.22. The minimum Gasteiger partial charge on any atom is -0.366 e. The zero-order valence-corrected chi connectivity index (χ0v) is 21.2. The number of benzene rings is 1. The molecule has 0 N–H and O–H groups in total. The molecule has 1 aliphatic rings. The normalized spacial score (nSPS) is 14.8. The number of halogens is 2. The van der Waals surface area contributed by atoms with Gasteiger partial charge < -0.3 is 14.4 Å². The molecule has 0 bridgehead atoms. The first kappa shape index (κ1) is 24.2. The van der Waals surface area contributed by atoms with Crippen molar-refractivity contribution in [3.8, 4) is 11.1 Å². The number of hydrogen-bond acceptors (Lipinski definition) is 6. The van der Waals surface area contributed by atoms with Crippen LogP contribution in [0.4, 0.5) is 14.5 Å². The fraction of sp³-hybridized carbons (Fsp3) is 0.407. The number of fused-ring (bicyclic) bond motifs is 1. The number of anilines is 1. The van der Waals surface area contributed by atoms with Crippen molar-refractivity contribution < 1.29 is 8.78 Å². The van der Waals surface area contributed by atoms with Gasteiger partial charge in [0.05, 0.1) is 36.2 Å². The van der Waals surface area contributed by atoms with E-state index in [0.717, 1.165) is 44.2 Å². The lowest BCUT2D eigenvalue weighted by atomic mass is 10.0. The van der Waals surface area contributed by atoms with E-state index in [2.05, 4.69) is 36.7 Å². The summed E-state index contributed by atoms with van der Waals surface area (Å²) in [5.74, 6) is 0.347. The molecule has 1 aromatic carbocycles. The predicted molar refractivity (Wildman–Crippen MR) is 137 cm³/mol. The molecular weight excluding hydrogens is 460 g/mol. The fourth-order valence-corrected chi connectivity index (χ4v) is 4.96. The number of hydrogen-bond donors (Lipinski definition) is 0. The highest BCUT2D eigenvalue weighted by Crippen LogP contribution is 2.31. The van der Waals surface area contributed by atoms with Crippen LogP contribution < -0.4 is 4.90 Å². The SMILES string of the molecule is CCN1CCN(c2cnc(Cc3cc(-c4cc(F)c5nc(C)n(C(C)C)c5c4)c(F)cn3)nc2)CC1. The highest BCUT2D eigenvalue weighted by atomic mass is 19.1. The number of pyridine rings is 1. The Kier molecular flexibility index (Phi) is 6.66. The van der Waals surface area contributed by atoms with Crippen LogP contribution in [0.15, 0.2) is 36.8 Å². The monoisotopic (exact) mass is 491 g/mol. The second kappa shape index (κ2) is 9.89. The van der Waals surface area contributed by atoms with E-state index >= 15 is 0 Å². The Labute approximate surface area is 209 Å². The van der Waals surface area contributed by atoms with Crippen molar-refractivity contribution in [1.82, 2.24) is 29.4 Å². The summed E-state index contributed by atoms with van der Waals surface area (Å²) in [6, 6.07) is 4.88. The molecule has 0 spiro atoms. The number of piperazine rings is 1. The quantitative estimate of drug-likeness (QED) is 0.387. The van der Waals surface area contributed by atoms with Gasteiger partial charge in [0.1, 0.15) is 23.0 Å². The lowest BCUT2D eigenvalue weighted by Gasteiger charge is -2.35. The van der Waals surface area contributed by atoms with E-state index in [4.69, 9.17) is 0 Å². The van der Waals surface area contributed by atoms with Gasteiger partial charge in [-0.25, -0.2) is 23.7 Å². The molecule has 0 atom stereocenters. The van der Waals surface area contributed by atoms with Crippen LogP contribution in [-0.2, 0) is 6.42 Å². The first-order chi connectivity index (χ1) is 17.3. The molecule has 1 fully saturated rings. The third-order valence-electron chi connectivity index (χ3n) is 6.88. The molecule has 5 rings (SSSR count). The number of likely N-dealkylation sites (N-methyl/N-ethyl adjacent to an activating group) is 1. The first-order valence-electron chi connectivity index (χ1n) is 12.4. The van der Waals surface area contributed by atoms with Gasteiger partial charge in [-0.1, -0.05) is 6.92 Å². The average molecular weight is 492 g/mol. The number of aryl methyl sites for hydroxylation is 1. The molecule has 0 aliphatic carbocycles. The molecule has 0 radical (unpaired) electrons. The van der Waals surface area contributed by atoms with E-state index in [9.17, 15) is 8.78 Å². The van der Waals surface area contributed by atoms with E-state index in [1.165, 1.54) is 12.3 Å². The van der Waals surface area contributed by atoms with Gasteiger partial charge in [-0.3, -0.25) is 4.98 Å². The Morgan fingerprint density at radius 1 is 0.917 bits per heavy atom. The van der Waals surface area contributed by atoms with Gasteiger partial charge in [-0.2, -0.15) is 0 Å². The molecule has 3 aromatic heterocycles. The molecule has 9 heteroatoms. The topological polar surface area (TPSA) is 63.0 Å². The van der Waals surface area contributed by atoms with Crippen LogP contribution in [0.2, 0.25) is 0 Å². The maximum Gasteiger partial charge on any atom is 0.151 e. The Hall–Kier alpha value is -3.46. The molecule has 188 valence electrons. The van der Waals surface area contributed by atoms with E-state index in [1.54, 1.807) is 12.1 Å². The van der Waals surface area contributed by atoms with Crippen molar-refractivity contribution >= 4 is 16.7 Å². The maximum atomic E-state index is 15.0. The Morgan fingerprint density at radius 3 is 2.31 bits per heavy atom. The third-order valence-corrected chi connectivity index (χ3v) is 6.88. The van der Waals surface area contributed by atoms with Crippen molar-refractivity contribution in [1.29, 1.82) is 0 Å². The number of imidazole rings is 1. The minimum atomic E-state index is -0.507. The Bertz CT molecular complexity index is 1370. The highest BCUT2D eigenvalue weighted by molar-refractivity contribution is 5.83. The van der Waals surface area contributed by atoms with E-state index < -0.39 is 11.6 Å². The summed E-state index contributed by atoms with van der Waals surface area (Å²) in [5.41, 5.74) is 3.30. The first-order valence-corrected chi connectivity index (χ1v) is 12.4. The largest absolute Gasteiger partial charge is 0.366 e. The van der Waals surface area contributed by atoms with Crippen molar-refractivity contribution in [3.05, 3.63) is 65.8 Å². The summed E-state index contributed by atoms with van der Waals surface area (Å²) in [5, 5.41) is 0. The molecular formula is C27H31F2N7. The lowest BCUT2D eigenvalue weighted by Crippen LogP contribution is -2.46. The maximum absolute atomic E-state index is 15.0. The summed E-state index contributed by atoms with van der Waals surface area (Å²) in [6.07, 6.45) is 5.21. The zero-order chi connectivity index (χ0) is 25.4. The fourth-order valence-electron chi connectivity index (χ4n) is 4.96. The predicted octanol–water partition coefficient (Wildman–Crippen LogP) is 4.79. The van der Waals surface area contributed by atoms with Gasteiger partial charge in [0.25, 0.3) is 0 Å². The standard InChI is InChI=1S/C27H31F2N7/c1-5-34-6-8-35(9-7-34)21-14-31-26(32-15-21)13-20-12-22(24(29)16-30-20)19-10-23(28)27-25(11-19)36(17(2)3)18(4)33-27/h10-12,14-17H,5-9,13H2,1-4H3. The van der Waals surface area contributed by atoms with Crippen molar-refractivity contribution in [2.45, 2.75) is 40.2 Å². The Balaban J connectivity index is 1.40. The van der Waals surface area contributed by atoms with Crippen LogP contribution in [-0.4, -0.2) is 62.1 Å².